The minimum Gasteiger partial charge on any atom is -0.465 e. The van der Waals surface area contributed by atoms with Gasteiger partial charge in [-0.1, -0.05) is 71.9 Å². The van der Waals surface area contributed by atoms with E-state index in [1.807, 2.05) is 62.4 Å². The Balaban J connectivity index is 1.26. The minimum atomic E-state index is -4.52. The smallest absolute Gasteiger partial charge is 0.416 e. The highest BCUT2D eigenvalue weighted by Gasteiger charge is 2.52. The summed E-state index contributed by atoms with van der Waals surface area (Å²) < 4.78 is 51.0. The van der Waals surface area contributed by atoms with Gasteiger partial charge in [-0.25, -0.2) is 0 Å². The highest BCUT2D eigenvalue weighted by Crippen LogP contribution is 2.49. The third-order valence-corrected chi connectivity index (χ3v) is 7.85. The van der Waals surface area contributed by atoms with Crippen molar-refractivity contribution in [3.8, 4) is 22.5 Å². The van der Waals surface area contributed by atoms with Crippen LogP contribution in [0, 0.1) is 6.92 Å². The second-order valence-electron chi connectivity index (χ2n) is 10.5. The van der Waals surface area contributed by atoms with Crippen molar-refractivity contribution in [2.24, 2.45) is 0 Å². The van der Waals surface area contributed by atoms with Crippen molar-refractivity contribution in [2.45, 2.75) is 63.6 Å². The van der Waals surface area contributed by atoms with Gasteiger partial charge in [-0.2, -0.15) is 13.2 Å². The number of alkyl halides is 3. The SMILES string of the molecule is CCOC(=O)C1(c2ccc(-c3ccc(-c4onc(C)c4CCCC(O)c4ccccc4C(F)(F)F)cc3)cc2)CC1. The van der Waals surface area contributed by atoms with Gasteiger partial charge in [0.2, 0.25) is 0 Å². The molecule has 5 nitrogen and oxygen atoms in total. The first-order valence-electron chi connectivity index (χ1n) is 13.8. The number of aliphatic hydroxyl groups is 1. The molecule has 0 saturated heterocycles. The molecule has 8 heteroatoms. The Hall–Kier alpha value is -3.91. The van der Waals surface area contributed by atoms with E-state index in [-0.39, 0.29) is 18.0 Å². The normalized spacial score (nSPS) is 15.0. The van der Waals surface area contributed by atoms with Crippen LogP contribution in [0.4, 0.5) is 13.2 Å². The molecule has 1 aromatic heterocycles. The number of hydrogen-bond donors (Lipinski definition) is 1. The van der Waals surface area contributed by atoms with Gasteiger partial charge in [-0.05, 0) is 74.3 Å². The number of carbonyl (C=O) groups excluding carboxylic acids is 1. The number of aromatic nitrogens is 1. The summed E-state index contributed by atoms with van der Waals surface area (Å²) in [4.78, 5) is 12.4. The van der Waals surface area contributed by atoms with Crippen molar-refractivity contribution < 1.29 is 32.3 Å². The van der Waals surface area contributed by atoms with Crippen LogP contribution in [-0.2, 0) is 27.5 Å². The van der Waals surface area contributed by atoms with Gasteiger partial charge in [0.25, 0.3) is 0 Å². The quantitative estimate of drug-likeness (QED) is 0.198. The molecule has 1 heterocycles. The highest BCUT2D eigenvalue weighted by molar-refractivity contribution is 5.87. The third-order valence-electron chi connectivity index (χ3n) is 7.85. The standard InChI is InChI=1S/C33H32F3NO4/c1-3-40-31(39)32(19-20-32)25-17-15-23(16-18-25)22-11-13-24(14-12-22)30-26(21(2)37-41-30)8-6-10-29(38)27-7-4-5-9-28(27)33(34,35)36/h4-5,7,9,11-18,29,38H,3,6,8,10,19-20H2,1-2H3. The molecule has 0 aliphatic heterocycles. The Morgan fingerprint density at radius 3 is 2.22 bits per heavy atom. The largest absolute Gasteiger partial charge is 0.465 e. The molecular weight excluding hydrogens is 531 g/mol. The van der Waals surface area contributed by atoms with E-state index in [4.69, 9.17) is 9.26 Å². The number of nitrogens with zero attached hydrogens (tertiary/aromatic N) is 1. The summed E-state index contributed by atoms with van der Waals surface area (Å²) in [5.41, 5.74) is 3.99. The molecule has 0 spiro atoms. The number of ether oxygens (including phenoxy) is 1. The fourth-order valence-corrected chi connectivity index (χ4v) is 5.38. The van der Waals surface area contributed by atoms with Crippen LogP contribution in [0.1, 0.15) is 66.7 Å². The molecular formula is C33H32F3NO4. The van der Waals surface area contributed by atoms with E-state index in [0.29, 0.717) is 30.9 Å². The molecule has 0 radical (unpaired) electrons. The van der Waals surface area contributed by atoms with Crippen LogP contribution >= 0.6 is 0 Å². The molecule has 41 heavy (non-hydrogen) atoms. The zero-order valence-corrected chi connectivity index (χ0v) is 23.0. The summed E-state index contributed by atoms with van der Waals surface area (Å²) in [6, 6.07) is 21.0. The summed E-state index contributed by atoms with van der Waals surface area (Å²) in [5.74, 6) is 0.454. The van der Waals surface area contributed by atoms with E-state index in [2.05, 4.69) is 5.16 Å². The molecule has 214 valence electrons. The number of benzene rings is 3. The number of aliphatic hydroxyl groups excluding tert-OH is 1. The average molecular weight is 564 g/mol. The Morgan fingerprint density at radius 2 is 1.61 bits per heavy atom. The van der Waals surface area contributed by atoms with Gasteiger partial charge in [-0.3, -0.25) is 4.79 Å². The monoisotopic (exact) mass is 563 g/mol. The maximum Gasteiger partial charge on any atom is 0.416 e. The number of halogens is 3. The predicted octanol–water partition coefficient (Wildman–Crippen LogP) is 7.99. The molecule has 1 aliphatic rings. The Bertz CT molecular complexity index is 1500. The maximum absolute atomic E-state index is 13.4. The molecule has 1 aliphatic carbocycles. The van der Waals surface area contributed by atoms with Crippen molar-refractivity contribution >= 4 is 5.97 Å². The first-order chi connectivity index (χ1) is 19.6. The van der Waals surface area contributed by atoms with Gasteiger partial charge in [0.1, 0.15) is 0 Å². The molecule has 3 aromatic carbocycles. The van der Waals surface area contributed by atoms with E-state index in [1.165, 1.54) is 18.2 Å². The first kappa shape index (κ1) is 28.6. The van der Waals surface area contributed by atoms with E-state index in [0.717, 1.165) is 46.7 Å². The molecule has 1 fully saturated rings. The molecule has 5 rings (SSSR count). The van der Waals surface area contributed by atoms with Gasteiger partial charge in [0.05, 0.1) is 29.4 Å². The predicted molar refractivity (Wildman–Crippen MR) is 149 cm³/mol. The minimum absolute atomic E-state index is 0.112. The van der Waals surface area contributed by atoms with Gasteiger partial charge >= 0.3 is 12.1 Å². The molecule has 1 saturated carbocycles. The molecule has 0 amide bonds. The van der Waals surface area contributed by atoms with E-state index in [9.17, 15) is 23.1 Å². The number of carbonyl (C=O) groups is 1. The molecule has 4 aromatic rings. The van der Waals surface area contributed by atoms with E-state index in [1.54, 1.807) is 0 Å². The lowest BCUT2D eigenvalue weighted by Gasteiger charge is -2.17. The lowest BCUT2D eigenvalue weighted by atomic mass is 9.93. The molecule has 1 N–H and O–H groups in total. The summed E-state index contributed by atoms with van der Waals surface area (Å²) in [7, 11) is 0. The summed E-state index contributed by atoms with van der Waals surface area (Å²) >= 11 is 0. The van der Waals surface area contributed by atoms with Crippen LogP contribution < -0.4 is 0 Å². The summed E-state index contributed by atoms with van der Waals surface area (Å²) in [6.45, 7) is 4.02. The van der Waals surface area contributed by atoms with Crippen LogP contribution in [-0.4, -0.2) is 22.8 Å². The lowest BCUT2D eigenvalue weighted by molar-refractivity contribution is -0.146. The van der Waals surface area contributed by atoms with Crippen molar-refractivity contribution in [3.63, 3.8) is 0 Å². The van der Waals surface area contributed by atoms with Crippen LogP contribution in [0.25, 0.3) is 22.5 Å². The third kappa shape index (κ3) is 5.93. The number of aryl methyl sites for hydroxylation is 1. The van der Waals surface area contributed by atoms with Gasteiger partial charge < -0.3 is 14.4 Å². The topological polar surface area (TPSA) is 72.6 Å². The van der Waals surface area contributed by atoms with Crippen LogP contribution in [0.5, 0.6) is 0 Å². The second kappa shape index (κ2) is 11.5. The van der Waals surface area contributed by atoms with Gasteiger partial charge in [0.15, 0.2) is 5.76 Å². The highest BCUT2D eigenvalue weighted by atomic mass is 19.4. The summed E-state index contributed by atoms with van der Waals surface area (Å²) in [6.07, 6.45) is -3.01. The zero-order chi connectivity index (χ0) is 29.2. The summed E-state index contributed by atoms with van der Waals surface area (Å²) in [5, 5.41) is 14.7. The second-order valence-corrected chi connectivity index (χ2v) is 10.5. The number of rotatable bonds is 10. The number of esters is 1. The Morgan fingerprint density at radius 1 is 1.00 bits per heavy atom. The number of hydrogen-bond acceptors (Lipinski definition) is 5. The Kier molecular flexibility index (Phi) is 8.04. The Labute approximate surface area is 237 Å². The van der Waals surface area contributed by atoms with E-state index < -0.39 is 23.3 Å². The van der Waals surface area contributed by atoms with E-state index >= 15 is 0 Å². The zero-order valence-electron chi connectivity index (χ0n) is 23.0. The molecule has 1 unspecified atom stereocenters. The van der Waals surface area contributed by atoms with Crippen molar-refractivity contribution in [1.82, 2.24) is 5.16 Å². The van der Waals surface area contributed by atoms with Crippen molar-refractivity contribution in [3.05, 3.63) is 101 Å². The van der Waals surface area contributed by atoms with Crippen molar-refractivity contribution in [2.75, 3.05) is 6.61 Å². The lowest BCUT2D eigenvalue weighted by Crippen LogP contribution is -2.23. The van der Waals surface area contributed by atoms with Crippen LogP contribution in [0.15, 0.2) is 77.3 Å². The maximum atomic E-state index is 13.4. The molecule has 1 atom stereocenters. The van der Waals surface area contributed by atoms with Crippen molar-refractivity contribution in [1.29, 1.82) is 0 Å². The average Bonchev–Trinajstić information content (AvgIpc) is 3.71. The van der Waals surface area contributed by atoms with Crippen LogP contribution in [0.3, 0.4) is 0 Å². The fourth-order valence-electron chi connectivity index (χ4n) is 5.38. The fraction of sp³-hybridized carbons (Fsp3) is 0.333. The van der Waals surface area contributed by atoms with Gasteiger partial charge in [-0.15, -0.1) is 0 Å². The first-order valence-corrected chi connectivity index (χ1v) is 13.8. The molecule has 0 bridgehead atoms. The van der Waals surface area contributed by atoms with Crippen LogP contribution in [0.2, 0.25) is 0 Å². The van der Waals surface area contributed by atoms with Gasteiger partial charge in [0, 0.05) is 11.1 Å².